The van der Waals surface area contributed by atoms with Crippen LogP contribution in [0.4, 0.5) is 0 Å². The third-order valence-corrected chi connectivity index (χ3v) is 4.69. The fourth-order valence-electron chi connectivity index (χ4n) is 2.57. The number of thioether (sulfide) groups is 1. The van der Waals surface area contributed by atoms with Crippen LogP contribution in [-0.4, -0.2) is 26.1 Å². The van der Waals surface area contributed by atoms with E-state index in [4.69, 9.17) is 4.98 Å². The molecule has 0 radical (unpaired) electrons. The fourth-order valence-corrected chi connectivity index (χ4v) is 3.68. The molecule has 18 heavy (non-hydrogen) atoms. The van der Waals surface area contributed by atoms with Gasteiger partial charge in [0.15, 0.2) is 5.65 Å². The number of aromatic nitrogens is 3. The standard InChI is InChI=1S/C14H19N3S/c1-10(2)13-9-12(11-4-7-18-8-5-11)16-14-3-6-15-17(13)14/h3,6,9-11H,4-5,7-8H2,1-2H3. The predicted molar refractivity (Wildman–Crippen MR) is 76.4 cm³/mol. The van der Waals surface area contributed by atoms with E-state index in [0.717, 1.165) is 5.65 Å². The smallest absolute Gasteiger partial charge is 0.155 e. The maximum atomic E-state index is 4.79. The van der Waals surface area contributed by atoms with E-state index < -0.39 is 0 Å². The lowest BCUT2D eigenvalue weighted by molar-refractivity contribution is 0.612. The molecule has 96 valence electrons. The summed E-state index contributed by atoms with van der Waals surface area (Å²) in [6.45, 7) is 4.44. The second-order valence-corrected chi connectivity index (χ2v) is 6.47. The van der Waals surface area contributed by atoms with Crippen LogP contribution in [-0.2, 0) is 0 Å². The summed E-state index contributed by atoms with van der Waals surface area (Å²) in [6, 6.07) is 4.28. The van der Waals surface area contributed by atoms with Crippen LogP contribution in [0.3, 0.4) is 0 Å². The van der Waals surface area contributed by atoms with Crippen LogP contribution in [0, 0.1) is 0 Å². The molecule has 3 heterocycles. The average molecular weight is 261 g/mol. The van der Waals surface area contributed by atoms with Gasteiger partial charge in [-0.05, 0) is 36.3 Å². The van der Waals surface area contributed by atoms with Crippen LogP contribution < -0.4 is 0 Å². The quantitative estimate of drug-likeness (QED) is 0.829. The van der Waals surface area contributed by atoms with Gasteiger partial charge in [0, 0.05) is 23.4 Å². The van der Waals surface area contributed by atoms with E-state index in [9.17, 15) is 0 Å². The van der Waals surface area contributed by atoms with Crippen LogP contribution in [0.15, 0.2) is 18.3 Å². The Hall–Kier alpha value is -1.03. The monoisotopic (exact) mass is 261 g/mol. The zero-order valence-corrected chi connectivity index (χ0v) is 11.8. The Morgan fingerprint density at radius 2 is 2.11 bits per heavy atom. The Morgan fingerprint density at radius 1 is 1.33 bits per heavy atom. The van der Waals surface area contributed by atoms with E-state index in [1.54, 1.807) is 0 Å². The van der Waals surface area contributed by atoms with Crippen molar-refractivity contribution in [3.05, 3.63) is 29.7 Å². The van der Waals surface area contributed by atoms with Crippen LogP contribution in [0.2, 0.25) is 0 Å². The van der Waals surface area contributed by atoms with Gasteiger partial charge in [-0.15, -0.1) is 0 Å². The molecule has 0 unspecified atom stereocenters. The molecule has 1 saturated heterocycles. The first-order valence-corrected chi connectivity index (χ1v) is 7.83. The van der Waals surface area contributed by atoms with Gasteiger partial charge < -0.3 is 0 Å². The molecular weight excluding hydrogens is 242 g/mol. The van der Waals surface area contributed by atoms with Gasteiger partial charge in [0.2, 0.25) is 0 Å². The summed E-state index contributed by atoms with van der Waals surface area (Å²) in [5.74, 6) is 3.66. The molecule has 0 saturated carbocycles. The maximum absolute atomic E-state index is 4.79. The van der Waals surface area contributed by atoms with E-state index in [2.05, 4.69) is 36.8 Å². The maximum Gasteiger partial charge on any atom is 0.155 e. The molecule has 1 aliphatic rings. The Bertz CT molecular complexity index is 541. The third-order valence-electron chi connectivity index (χ3n) is 3.64. The van der Waals surface area contributed by atoms with E-state index >= 15 is 0 Å². The molecule has 0 spiro atoms. The molecular formula is C14H19N3S. The largest absolute Gasteiger partial charge is 0.233 e. The zero-order chi connectivity index (χ0) is 12.5. The van der Waals surface area contributed by atoms with E-state index in [1.165, 1.54) is 35.7 Å². The van der Waals surface area contributed by atoms with Crippen LogP contribution in [0.25, 0.3) is 5.65 Å². The van der Waals surface area contributed by atoms with Gasteiger partial charge in [-0.1, -0.05) is 13.8 Å². The summed E-state index contributed by atoms with van der Waals surface area (Å²) in [6.07, 6.45) is 4.37. The topological polar surface area (TPSA) is 30.2 Å². The van der Waals surface area contributed by atoms with Crippen LogP contribution >= 0.6 is 11.8 Å². The summed E-state index contributed by atoms with van der Waals surface area (Å²) in [7, 11) is 0. The highest BCUT2D eigenvalue weighted by molar-refractivity contribution is 7.99. The van der Waals surface area contributed by atoms with E-state index in [0.29, 0.717) is 11.8 Å². The minimum absolute atomic E-state index is 0.479. The van der Waals surface area contributed by atoms with Crippen molar-refractivity contribution < 1.29 is 0 Å². The van der Waals surface area contributed by atoms with Gasteiger partial charge in [0.25, 0.3) is 0 Å². The summed E-state index contributed by atoms with van der Waals surface area (Å²) in [4.78, 5) is 4.79. The molecule has 2 aromatic rings. The molecule has 3 nitrogen and oxygen atoms in total. The van der Waals surface area contributed by atoms with E-state index in [-0.39, 0.29) is 0 Å². The lowest BCUT2D eigenvalue weighted by Crippen LogP contribution is -2.12. The molecule has 1 aliphatic heterocycles. The van der Waals surface area contributed by atoms with Gasteiger partial charge in [-0.25, -0.2) is 9.50 Å². The van der Waals surface area contributed by atoms with Crippen molar-refractivity contribution >= 4 is 17.4 Å². The van der Waals surface area contributed by atoms with Crippen molar-refractivity contribution in [2.24, 2.45) is 0 Å². The molecule has 0 aliphatic carbocycles. The highest BCUT2D eigenvalue weighted by Crippen LogP contribution is 2.32. The molecule has 0 bridgehead atoms. The first-order chi connectivity index (χ1) is 8.75. The number of hydrogen-bond donors (Lipinski definition) is 0. The number of hydrogen-bond acceptors (Lipinski definition) is 3. The summed E-state index contributed by atoms with van der Waals surface area (Å²) < 4.78 is 1.98. The number of rotatable bonds is 2. The SMILES string of the molecule is CC(C)c1cc(C2CCSCC2)nc2ccnn12. The van der Waals surface area contributed by atoms with Crippen molar-refractivity contribution in [1.82, 2.24) is 14.6 Å². The molecule has 1 fully saturated rings. The van der Waals surface area contributed by atoms with Gasteiger partial charge in [-0.2, -0.15) is 16.9 Å². The highest BCUT2D eigenvalue weighted by atomic mass is 32.2. The minimum atomic E-state index is 0.479. The Morgan fingerprint density at radius 3 is 2.83 bits per heavy atom. The van der Waals surface area contributed by atoms with Gasteiger partial charge in [0.1, 0.15) is 0 Å². The first kappa shape index (κ1) is 12.0. The Balaban J connectivity index is 2.06. The van der Waals surface area contributed by atoms with Gasteiger partial charge >= 0.3 is 0 Å². The number of fused-ring (bicyclic) bond motifs is 1. The van der Waals surface area contributed by atoms with E-state index in [1.807, 2.05) is 16.8 Å². The molecule has 0 atom stereocenters. The van der Waals surface area contributed by atoms with Crippen LogP contribution in [0.1, 0.15) is 49.9 Å². The summed E-state index contributed by atoms with van der Waals surface area (Å²) in [5, 5.41) is 4.38. The highest BCUT2D eigenvalue weighted by Gasteiger charge is 2.19. The first-order valence-electron chi connectivity index (χ1n) is 6.68. The molecule has 3 rings (SSSR count). The van der Waals surface area contributed by atoms with Crippen molar-refractivity contribution in [2.75, 3.05) is 11.5 Å². The average Bonchev–Trinajstić information content (AvgIpc) is 2.86. The minimum Gasteiger partial charge on any atom is -0.233 e. The van der Waals surface area contributed by atoms with Gasteiger partial charge in [-0.3, -0.25) is 0 Å². The Labute approximate surface area is 112 Å². The summed E-state index contributed by atoms with van der Waals surface area (Å²) in [5.41, 5.74) is 3.54. The number of nitrogens with zero attached hydrogens (tertiary/aromatic N) is 3. The second kappa shape index (κ2) is 4.92. The molecule has 4 heteroatoms. The predicted octanol–water partition coefficient (Wildman–Crippen LogP) is 3.46. The lowest BCUT2D eigenvalue weighted by atomic mass is 9.96. The molecule has 0 N–H and O–H groups in total. The van der Waals surface area contributed by atoms with Gasteiger partial charge in [0.05, 0.1) is 6.20 Å². The van der Waals surface area contributed by atoms with Crippen molar-refractivity contribution in [3.8, 4) is 0 Å². The normalized spacial score (nSPS) is 17.7. The zero-order valence-electron chi connectivity index (χ0n) is 11.0. The third kappa shape index (κ3) is 2.14. The van der Waals surface area contributed by atoms with Crippen molar-refractivity contribution in [2.45, 2.75) is 38.5 Å². The Kier molecular flexibility index (Phi) is 3.29. The fraction of sp³-hybridized carbons (Fsp3) is 0.571. The molecule has 0 aromatic carbocycles. The lowest BCUT2D eigenvalue weighted by Gasteiger charge is -2.22. The van der Waals surface area contributed by atoms with Crippen LogP contribution in [0.5, 0.6) is 0 Å². The molecule has 0 amide bonds. The second-order valence-electron chi connectivity index (χ2n) is 5.25. The van der Waals surface area contributed by atoms with Crippen molar-refractivity contribution in [3.63, 3.8) is 0 Å². The molecule has 2 aromatic heterocycles. The summed E-state index contributed by atoms with van der Waals surface area (Å²) >= 11 is 2.06. The van der Waals surface area contributed by atoms with Crippen molar-refractivity contribution in [1.29, 1.82) is 0 Å².